The molecule has 3 unspecified atom stereocenters. The van der Waals surface area contributed by atoms with Crippen LogP contribution in [0.25, 0.3) is 0 Å². The molecule has 1 saturated heterocycles. The second-order valence-electron chi connectivity index (χ2n) is 6.90. The Bertz CT molecular complexity index is 369. The summed E-state index contributed by atoms with van der Waals surface area (Å²) in [4.78, 5) is 15.0. The van der Waals surface area contributed by atoms with Crippen LogP contribution in [-0.4, -0.2) is 41.6 Å². The fourth-order valence-electron chi connectivity index (χ4n) is 3.75. The van der Waals surface area contributed by atoms with Crippen molar-refractivity contribution in [1.29, 1.82) is 0 Å². The van der Waals surface area contributed by atoms with Crippen LogP contribution in [0.5, 0.6) is 0 Å². The van der Waals surface area contributed by atoms with Crippen LogP contribution in [0.3, 0.4) is 0 Å². The van der Waals surface area contributed by atoms with Gasteiger partial charge in [-0.25, -0.2) is 0 Å². The molecule has 1 aliphatic carbocycles. The fraction of sp³-hybridized carbons (Fsp3) is 0.938. The Morgan fingerprint density at radius 3 is 2.60 bits per heavy atom. The number of likely N-dealkylation sites (tertiary alicyclic amines) is 1. The van der Waals surface area contributed by atoms with Crippen LogP contribution in [0.15, 0.2) is 0 Å². The van der Waals surface area contributed by atoms with Gasteiger partial charge in [0.1, 0.15) is 5.54 Å². The highest BCUT2D eigenvalue weighted by Gasteiger charge is 2.64. The quantitative estimate of drug-likeness (QED) is 0.861. The molecule has 116 valence electrons. The lowest BCUT2D eigenvalue weighted by Crippen LogP contribution is -2.76. The maximum absolute atomic E-state index is 13.0. The smallest absolute Gasteiger partial charge is 0.243 e. The average Bonchev–Trinajstić information content (AvgIpc) is 2.45. The van der Waals surface area contributed by atoms with Crippen LogP contribution in [-0.2, 0) is 9.53 Å². The van der Waals surface area contributed by atoms with Crippen LogP contribution < -0.4 is 5.73 Å². The summed E-state index contributed by atoms with van der Waals surface area (Å²) in [6.07, 6.45) is 5.23. The second-order valence-corrected chi connectivity index (χ2v) is 6.90. The molecule has 2 N–H and O–H groups in total. The Morgan fingerprint density at radius 2 is 2.05 bits per heavy atom. The van der Waals surface area contributed by atoms with Crippen molar-refractivity contribution in [2.24, 2.45) is 11.1 Å². The Morgan fingerprint density at radius 1 is 1.35 bits per heavy atom. The second kappa shape index (κ2) is 5.64. The van der Waals surface area contributed by atoms with E-state index in [9.17, 15) is 4.79 Å². The molecule has 2 fully saturated rings. The molecule has 20 heavy (non-hydrogen) atoms. The molecule has 3 atom stereocenters. The van der Waals surface area contributed by atoms with Gasteiger partial charge in [0.05, 0.1) is 6.10 Å². The molecule has 1 aliphatic heterocycles. The molecule has 2 aliphatic rings. The van der Waals surface area contributed by atoms with E-state index < -0.39 is 5.54 Å². The van der Waals surface area contributed by atoms with Crippen LogP contribution in [0, 0.1) is 5.41 Å². The van der Waals surface area contributed by atoms with Gasteiger partial charge >= 0.3 is 0 Å². The van der Waals surface area contributed by atoms with Crippen molar-refractivity contribution < 1.29 is 9.53 Å². The van der Waals surface area contributed by atoms with E-state index in [1.807, 2.05) is 11.8 Å². The number of ether oxygens (including phenoxy) is 1. The van der Waals surface area contributed by atoms with Gasteiger partial charge in [0.15, 0.2) is 0 Å². The zero-order valence-electron chi connectivity index (χ0n) is 13.4. The summed E-state index contributed by atoms with van der Waals surface area (Å²) in [5.74, 6) is 0.144. The third-order valence-corrected chi connectivity index (χ3v) is 5.57. The van der Waals surface area contributed by atoms with E-state index in [0.717, 1.165) is 25.8 Å². The number of carbonyl (C=O) groups is 1. The molecular weight excluding hydrogens is 252 g/mol. The van der Waals surface area contributed by atoms with Crippen molar-refractivity contribution in [1.82, 2.24) is 4.90 Å². The lowest BCUT2D eigenvalue weighted by molar-refractivity contribution is -0.182. The van der Waals surface area contributed by atoms with E-state index in [0.29, 0.717) is 19.1 Å². The SMILES string of the molecule is CCOC1CC(N)(C(=O)N2CCCCC2CC)C1(C)C. The Labute approximate surface area is 123 Å². The highest BCUT2D eigenvalue weighted by molar-refractivity contribution is 5.89. The zero-order chi connectivity index (χ0) is 15.0. The Hall–Kier alpha value is -0.610. The van der Waals surface area contributed by atoms with Crippen LogP contribution in [0.1, 0.15) is 59.8 Å². The minimum atomic E-state index is -0.752. The first kappa shape index (κ1) is 15.8. The first-order valence-electron chi connectivity index (χ1n) is 8.10. The summed E-state index contributed by atoms with van der Waals surface area (Å²) in [7, 11) is 0. The van der Waals surface area contributed by atoms with Gasteiger partial charge in [-0.2, -0.15) is 0 Å². The summed E-state index contributed by atoms with van der Waals surface area (Å²) in [5, 5.41) is 0. The largest absolute Gasteiger partial charge is 0.378 e. The molecule has 4 nitrogen and oxygen atoms in total. The van der Waals surface area contributed by atoms with Crippen LogP contribution >= 0.6 is 0 Å². The molecule has 0 aromatic rings. The summed E-state index contributed by atoms with van der Waals surface area (Å²) in [6.45, 7) is 9.84. The van der Waals surface area contributed by atoms with Crippen molar-refractivity contribution >= 4 is 5.91 Å². The summed E-state index contributed by atoms with van der Waals surface area (Å²) < 4.78 is 5.73. The van der Waals surface area contributed by atoms with Gasteiger partial charge in [-0.15, -0.1) is 0 Å². The number of nitrogens with two attached hydrogens (primary N) is 1. The lowest BCUT2D eigenvalue weighted by Gasteiger charge is -2.59. The molecule has 2 rings (SSSR count). The molecule has 0 radical (unpaired) electrons. The minimum absolute atomic E-state index is 0.103. The number of amides is 1. The third-order valence-electron chi connectivity index (χ3n) is 5.57. The van der Waals surface area contributed by atoms with Crippen molar-refractivity contribution in [3.05, 3.63) is 0 Å². The van der Waals surface area contributed by atoms with E-state index in [-0.39, 0.29) is 17.4 Å². The standard InChI is InChI=1S/C16H30N2O2/c1-5-12-9-7-8-10-18(12)14(19)16(17)11-13(20-6-2)15(16,3)4/h12-13H,5-11,17H2,1-4H3. The third kappa shape index (κ3) is 2.27. The maximum atomic E-state index is 13.0. The monoisotopic (exact) mass is 282 g/mol. The highest BCUT2D eigenvalue weighted by atomic mass is 16.5. The summed E-state index contributed by atoms with van der Waals surface area (Å²) >= 11 is 0. The molecule has 0 spiro atoms. The van der Waals surface area contributed by atoms with E-state index >= 15 is 0 Å². The lowest BCUT2D eigenvalue weighted by atomic mass is 9.54. The maximum Gasteiger partial charge on any atom is 0.243 e. The predicted molar refractivity (Wildman–Crippen MR) is 80.4 cm³/mol. The van der Waals surface area contributed by atoms with Crippen molar-refractivity contribution in [2.45, 2.75) is 77.5 Å². The first-order valence-corrected chi connectivity index (χ1v) is 8.10. The molecule has 1 heterocycles. The van der Waals surface area contributed by atoms with E-state index in [2.05, 4.69) is 20.8 Å². The molecular formula is C16H30N2O2. The van der Waals surface area contributed by atoms with Gasteiger partial charge in [-0.1, -0.05) is 20.8 Å². The molecule has 4 heteroatoms. The number of nitrogens with zero attached hydrogens (tertiary/aromatic N) is 1. The van der Waals surface area contributed by atoms with Crippen LogP contribution in [0.4, 0.5) is 0 Å². The number of carbonyl (C=O) groups excluding carboxylic acids is 1. The highest BCUT2D eigenvalue weighted by Crippen LogP contribution is 2.51. The van der Waals surface area contributed by atoms with Gasteiger partial charge in [0.25, 0.3) is 0 Å². The van der Waals surface area contributed by atoms with E-state index in [1.165, 1.54) is 6.42 Å². The Kier molecular flexibility index (Phi) is 4.45. The molecule has 0 bridgehead atoms. The van der Waals surface area contributed by atoms with Crippen molar-refractivity contribution in [2.75, 3.05) is 13.2 Å². The van der Waals surface area contributed by atoms with E-state index in [1.54, 1.807) is 0 Å². The molecule has 0 aromatic carbocycles. The number of hydrogen-bond donors (Lipinski definition) is 1. The van der Waals surface area contributed by atoms with Gasteiger partial charge in [-0.3, -0.25) is 4.79 Å². The molecule has 1 saturated carbocycles. The van der Waals surface area contributed by atoms with Gasteiger partial charge < -0.3 is 15.4 Å². The normalized spacial score (nSPS) is 36.5. The molecule has 1 amide bonds. The zero-order valence-corrected chi connectivity index (χ0v) is 13.4. The van der Waals surface area contributed by atoms with Gasteiger partial charge in [0, 0.05) is 31.0 Å². The fourth-order valence-corrected chi connectivity index (χ4v) is 3.75. The van der Waals surface area contributed by atoms with Crippen molar-refractivity contribution in [3.8, 4) is 0 Å². The minimum Gasteiger partial charge on any atom is -0.378 e. The summed E-state index contributed by atoms with van der Waals surface area (Å²) in [6, 6.07) is 0.374. The Balaban J connectivity index is 2.12. The molecule has 0 aromatic heterocycles. The topological polar surface area (TPSA) is 55.6 Å². The van der Waals surface area contributed by atoms with Crippen molar-refractivity contribution in [3.63, 3.8) is 0 Å². The first-order chi connectivity index (χ1) is 9.38. The van der Waals surface area contributed by atoms with Gasteiger partial charge in [-0.05, 0) is 32.6 Å². The number of hydrogen-bond acceptors (Lipinski definition) is 3. The average molecular weight is 282 g/mol. The number of rotatable bonds is 4. The predicted octanol–water partition coefficient (Wildman–Crippen LogP) is 2.31. The summed E-state index contributed by atoms with van der Waals surface area (Å²) in [5.41, 5.74) is 5.49. The number of piperidine rings is 1. The van der Waals surface area contributed by atoms with Gasteiger partial charge in [0.2, 0.25) is 5.91 Å². The van der Waals surface area contributed by atoms with E-state index in [4.69, 9.17) is 10.5 Å². The van der Waals surface area contributed by atoms with Crippen LogP contribution in [0.2, 0.25) is 0 Å².